The third-order valence-corrected chi connectivity index (χ3v) is 1.69. The van der Waals surface area contributed by atoms with Crippen LogP contribution >= 0.6 is 0 Å². The summed E-state index contributed by atoms with van der Waals surface area (Å²) in [4.78, 5) is 12.9. The molecule has 12 heavy (non-hydrogen) atoms. The van der Waals surface area contributed by atoms with Gasteiger partial charge in [-0.25, -0.2) is 0 Å². The first-order valence-electron chi connectivity index (χ1n) is 3.45. The van der Waals surface area contributed by atoms with E-state index >= 15 is 0 Å². The van der Waals surface area contributed by atoms with Gasteiger partial charge in [-0.15, -0.1) is 4.91 Å². The molecular weight excluding hydrogens is 156 g/mol. The Hall–Kier alpha value is -1.84. The predicted octanol–water partition coefficient (Wildman–Crippen LogP) is 2.27. The van der Waals surface area contributed by atoms with E-state index in [0.717, 1.165) is 5.39 Å². The molecule has 0 aliphatic heterocycles. The Labute approximate surface area is 67.8 Å². The smallest absolute Gasteiger partial charge is 0.175 e. The molecule has 1 aromatic heterocycles. The van der Waals surface area contributed by atoms with Crippen LogP contribution in [0.3, 0.4) is 0 Å². The predicted molar refractivity (Wildman–Crippen MR) is 45.4 cm³/mol. The van der Waals surface area contributed by atoms with Crippen molar-refractivity contribution in [2.45, 2.75) is 0 Å². The van der Waals surface area contributed by atoms with Gasteiger partial charge in [-0.1, -0.05) is 0 Å². The van der Waals surface area contributed by atoms with Gasteiger partial charge >= 0.3 is 0 Å². The van der Waals surface area contributed by atoms with Gasteiger partial charge in [-0.3, -0.25) is 0 Å². The number of hydrogen-bond donors (Lipinski definition) is 2. The Kier molecular flexibility index (Phi) is 1.33. The van der Waals surface area contributed by atoms with Crippen molar-refractivity contribution >= 4 is 16.7 Å². The molecule has 0 bridgehead atoms. The number of nitrogens with one attached hydrogen (secondary N) is 1. The highest BCUT2D eigenvalue weighted by Gasteiger charge is 2.00. The van der Waals surface area contributed by atoms with E-state index in [0.29, 0.717) is 5.52 Å². The summed E-state index contributed by atoms with van der Waals surface area (Å²) in [5.41, 5.74) is 0.713. The van der Waals surface area contributed by atoms with Crippen LogP contribution < -0.4 is 0 Å². The number of H-pyrrole nitrogens is 1. The number of phenols is 1. The van der Waals surface area contributed by atoms with Gasteiger partial charge in [0.15, 0.2) is 5.82 Å². The van der Waals surface area contributed by atoms with Gasteiger partial charge in [0.05, 0.1) is 5.52 Å². The minimum Gasteiger partial charge on any atom is -0.508 e. The SMILES string of the molecule is O=Nc1cc2ccc(O)cc2[nH]1. The highest BCUT2D eigenvalue weighted by Crippen LogP contribution is 2.23. The highest BCUT2D eigenvalue weighted by atomic mass is 16.3. The van der Waals surface area contributed by atoms with E-state index in [1.165, 1.54) is 0 Å². The third-order valence-electron chi connectivity index (χ3n) is 1.69. The van der Waals surface area contributed by atoms with E-state index in [-0.39, 0.29) is 11.6 Å². The summed E-state index contributed by atoms with van der Waals surface area (Å²) >= 11 is 0. The van der Waals surface area contributed by atoms with Crippen molar-refractivity contribution in [1.29, 1.82) is 0 Å². The van der Waals surface area contributed by atoms with E-state index < -0.39 is 0 Å². The summed E-state index contributed by atoms with van der Waals surface area (Å²) in [5.74, 6) is 0.442. The van der Waals surface area contributed by atoms with Crippen LogP contribution in [0.15, 0.2) is 29.4 Å². The molecule has 2 N–H and O–H groups in total. The lowest BCUT2D eigenvalue weighted by atomic mass is 10.2. The molecule has 4 heteroatoms. The molecule has 0 saturated heterocycles. The lowest BCUT2D eigenvalue weighted by molar-refractivity contribution is 0.476. The van der Waals surface area contributed by atoms with Crippen LogP contribution in [0.1, 0.15) is 0 Å². The van der Waals surface area contributed by atoms with Gasteiger partial charge in [-0.05, 0) is 23.4 Å². The Morgan fingerprint density at radius 2 is 2.17 bits per heavy atom. The van der Waals surface area contributed by atoms with Crippen LogP contribution in [0, 0.1) is 4.91 Å². The normalized spacial score (nSPS) is 10.3. The van der Waals surface area contributed by atoms with Crippen molar-refractivity contribution in [3.63, 3.8) is 0 Å². The Morgan fingerprint density at radius 1 is 1.33 bits per heavy atom. The number of rotatable bonds is 1. The second-order valence-electron chi connectivity index (χ2n) is 2.52. The zero-order chi connectivity index (χ0) is 8.55. The number of nitroso groups, excluding NO2 is 1. The van der Waals surface area contributed by atoms with Gasteiger partial charge in [0.2, 0.25) is 0 Å². The average Bonchev–Trinajstić information content (AvgIpc) is 2.46. The van der Waals surface area contributed by atoms with E-state index in [1.807, 2.05) is 0 Å². The fourth-order valence-corrected chi connectivity index (χ4v) is 1.15. The molecular formula is C8H6N2O2. The molecule has 60 valence electrons. The molecule has 0 atom stereocenters. The fourth-order valence-electron chi connectivity index (χ4n) is 1.15. The number of aromatic amines is 1. The molecule has 0 unspecified atom stereocenters. The molecule has 0 aliphatic rings. The van der Waals surface area contributed by atoms with Gasteiger partial charge in [0.25, 0.3) is 0 Å². The number of aromatic nitrogens is 1. The van der Waals surface area contributed by atoms with Gasteiger partial charge in [0.1, 0.15) is 5.75 Å². The maximum atomic E-state index is 10.1. The molecule has 2 rings (SSSR count). The van der Waals surface area contributed by atoms with Crippen LogP contribution in [0.4, 0.5) is 5.82 Å². The monoisotopic (exact) mass is 162 g/mol. The third kappa shape index (κ3) is 0.934. The summed E-state index contributed by atoms with van der Waals surface area (Å²) in [5, 5.41) is 12.7. The van der Waals surface area contributed by atoms with Crippen molar-refractivity contribution in [2.75, 3.05) is 0 Å². The maximum absolute atomic E-state index is 10.1. The molecule has 0 fully saturated rings. The minimum absolute atomic E-state index is 0.168. The number of hydrogen-bond acceptors (Lipinski definition) is 3. The van der Waals surface area contributed by atoms with Crippen LogP contribution in [0.25, 0.3) is 10.9 Å². The number of phenolic OH excluding ortho intramolecular Hbond substituents is 1. The maximum Gasteiger partial charge on any atom is 0.175 e. The Morgan fingerprint density at radius 3 is 2.92 bits per heavy atom. The molecule has 0 amide bonds. The Balaban J connectivity index is 2.75. The van der Waals surface area contributed by atoms with Crippen LogP contribution in [-0.2, 0) is 0 Å². The standard InChI is InChI=1S/C8H6N2O2/c11-6-2-1-5-3-8(10-12)9-7(5)4-6/h1-4,9,11H. The zero-order valence-electron chi connectivity index (χ0n) is 6.11. The lowest BCUT2D eigenvalue weighted by Gasteiger charge is -1.89. The van der Waals surface area contributed by atoms with E-state index in [4.69, 9.17) is 5.11 Å². The summed E-state index contributed by atoms with van der Waals surface area (Å²) in [6.07, 6.45) is 0. The number of nitrogens with zero attached hydrogens (tertiary/aromatic N) is 1. The molecule has 2 aromatic rings. The molecule has 0 radical (unpaired) electrons. The zero-order valence-corrected chi connectivity index (χ0v) is 6.11. The van der Waals surface area contributed by atoms with E-state index in [2.05, 4.69) is 10.2 Å². The second kappa shape index (κ2) is 2.34. The average molecular weight is 162 g/mol. The van der Waals surface area contributed by atoms with Crippen LogP contribution in [0.5, 0.6) is 5.75 Å². The first-order chi connectivity index (χ1) is 5.79. The van der Waals surface area contributed by atoms with E-state index in [9.17, 15) is 4.91 Å². The molecule has 0 spiro atoms. The van der Waals surface area contributed by atoms with Crippen LogP contribution in [-0.4, -0.2) is 10.1 Å². The Bertz CT molecular complexity index is 434. The molecule has 1 aromatic carbocycles. The lowest BCUT2D eigenvalue weighted by Crippen LogP contribution is -1.66. The topological polar surface area (TPSA) is 65.4 Å². The largest absolute Gasteiger partial charge is 0.508 e. The molecule has 1 heterocycles. The summed E-state index contributed by atoms with van der Waals surface area (Å²) in [6, 6.07) is 6.45. The fraction of sp³-hybridized carbons (Fsp3) is 0. The van der Waals surface area contributed by atoms with Crippen molar-refractivity contribution in [3.05, 3.63) is 29.2 Å². The van der Waals surface area contributed by atoms with E-state index in [1.54, 1.807) is 24.3 Å². The summed E-state index contributed by atoms with van der Waals surface area (Å²) < 4.78 is 0. The van der Waals surface area contributed by atoms with Crippen molar-refractivity contribution < 1.29 is 5.11 Å². The van der Waals surface area contributed by atoms with Gasteiger partial charge in [-0.2, -0.15) is 0 Å². The van der Waals surface area contributed by atoms with Crippen molar-refractivity contribution in [3.8, 4) is 5.75 Å². The molecule has 0 saturated carbocycles. The summed E-state index contributed by atoms with van der Waals surface area (Å²) in [7, 11) is 0. The molecule has 0 aliphatic carbocycles. The quantitative estimate of drug-likeness (QED) is 0.631. The second-order valence-corrected chi connectivity index (χ2v) is 2.52. The number of aromatic hydroxyl groups is 1. The van der Waals surface area contributed by atoms with Crippen molar-refractivity contribution in [2.24, 2.45) is 5.18 Å². The first kappa shape index (κ1) is 6.84. The molecule has 4 nitrogen and oxygen atoms in total. The highest BCUT2D eigenvalue weighted by molar-refractivity contribution is 5.84. The first-order valence-corrected chi connectivity index (χ1v) is 3.45. The number of benzene rings is 1. The van der Waals surface area contributed by atoms with Crippen molar-refractivity contribution in [1.82, 2.24) is 4.98 Å². The van der Waals surface area contributed by atoms with Gasteiger partial charge < -0.3 is 10.1 Å². The van der Waals surface area contributed by atoms with Crippen LogP contribution in [0.2, 0.25) is 0 Å². The number of fused-ring (bicyclic) bond motifs is 1. The minimum atomic E-state index is 0.168. The summed E-state index contributed by atoms with van der Waals surface area (Å²) in [6.45, 7) is 0. The van der Waals surface area contributed by atoms with Gasteiger partial charge in [0, 0.05) is 11.5 Å².